The Kier molecular flexibility index (Phi) is 5.79. The van der Waals surface area contributed by atoms with Gasteiger partial charge in [0.2, 0.25) is 0 Å². The number of hydrogen-bond donors (Lipinski definition) is 1. The van der Waals surface area contributed by atoms with Gasteiger partial charge in [0.25, 0.3) is 11.7 Å². The summed E-state index contributed by atoms with van der Waals surface area (Å²) in [6.07, 6.45) is 7.45. The molecule has 2 aromatic heterocycles. The van der Waals surface area contributed by atoms with Gasteiger partial charge in [0.15, 0.2) is 0 Å². The van der Waals surface area contributed by atoms with Crippen LogP contribution in [0.15, 0.2) is 73.0 Å². The van der Waals surface area contributed by atoms with Crippen molar-refractivity contribution in [2.45, 2.75) is 19.0 Å². The zero-order valence-corrected chi connectivity index (χ0v) is 17.0. The average molecular weight is 418 g/mol. The molecule has 1 unspecified atom stereocenters. The number of ketones is 1. The number of aryl methyl sites for hydroxylation is 1. The lowest BCUT2D eigenvalue weighted by molar-refractivity contribution is -0.140. The number of hydrogen-bond acceptors (Lipinski definition) is 6. The lowest BCUT2D eigenvalue weighted by Gasteiger charge is -2.24. The van der Waals surface area contributed by atoms with Crippen molar-refractivity contribution in [1.29, 1.82) is 0 Å². The Morgan fingerprint density at radius 2 is 2.00 bits per heavy atom. The number of aliphatic hydroxyl groups excluding tert-OH is 1. The number of amides is 1. The van der Waals surface area contributed by atoms with Gasteiger partial charge in [-0.05, 0) is 30.7 Å². The molecule has 8 heteroatoms. The van der Waals surface area contributed by atoms with Gasteiger partial charge in [-0.25, -0.2) is 4.98 Å². The number of benzene rings is 1. The van der Waals surface area contributed by atoms with Gasteiger partial charge < -0.3 is 19.3 Å². The van der Waals surface area contributed by atoms with Gasteiger partial charge in [-0.2, -0.15) is 0 Å². The Morgan fingerprint density at radius 1 is 1.13 bits per heavy atom. The minimum Gasteiger partial charge on any atom is -0.507 e. The second kappa shape index (κ2) is 8.83. The molecular formula is C23H22N4O4. The molecule has 4 rings (SSSR count). The number of Topliss-reactive ketones (excluding diaryl/α,β-unsaturated/α-hetero) is 1. The molecule has 0 saturated carbocycles. The second-order valence-corrected chi connectivity index (χ2v) is 7.13. The van der Waals surface area contributed by atoms with E-state index in [0.717, 1.165) is 0 Å². The van der Waals surface area contributed by atoms with Crippen LogP contribution in [0.3, 0.4) is 0 Å². The van der Waals surface area contributed by atoms with E-state index >= 15 is 0 Å². The van der Waals surface area contributed by atoms with E-state index in [4.69, 9.17) is 4.74 Å². The molecule has 158 valence electrons. The van der Waals surface area contributed by atoms with Crippen LogP contribution >= 0.6 is 0 Å². The lowest BCUT2D eigenvalue weighted by atomic mass is 9.98. The van der Waals surface area contributed by atoms with Crippen molar-refractivity contribution < 1.29 is 19.4 Å². The van der Waals surface area contributed by atoms with Crippen molar-refractivity contribution in [2.75, 3.05) is 13.7 Å². The number of ether oxygens (including phenoxy) is 1. The summed E-state index contributed by atoms with van der Waals surface area (Å²) in [6, 6.07) is 11.3. The summed E-state index contributed by atoms with van der Waals surface area (Å²) < 4.78 is 7.13. The van der Waals surface area contributed by atoms with Crippen molar-refractivity contribution in [2.24, 2.45) is 0 Å². The summed E-state index contributed by atoms with van der Waals surface area (Å²) in [4.78, 5) is 35.7. The molecule has 0 spiro atoms. The maximum Gasteiger partial charge on any atom is 0.295 e. The number of rotatable bonds is 7. The van der Waals surface area contributed by atoms with Gasteiger partial charge in [-0.1, -0.05) is 18.2 Å². The van der Waals surface area contributed by atoms with Crippen LogP contribution in [0.5, 0.6) is 5.75 Å². The number of nitrogens with zero attached hydrogens (tertiary/aromatic N) is 4. The molecule has 1 aromatic carbocycles. The molecule has 1 N–H and O–H groups in total. The van der Waals surface area contributed by atoms with Crippen LogP contribution in [-0.2, 0) is 16.1 Å². The van der Waals surface area contributed by atoms with Crippen molar-refractivity contribution in [3.8, 4) is 5.75 Å². The Labute approximate surface area is 179 Å². The minimum atomic E-state index is -0.768. The molecule has 3 aromatic rings. The van der Waals surface area contributed by atoms with Crippen molar-refractivity contribution in [3.63, 3.8) is 0 Å². The van der Waals surface area contributed by atoms with Crippen LogP contribution in [-0.4, -0.2) is 49.9 Å². The van der Waals surface area contributed by atoms with Gasteiger partial charge in [0, 0.05) is 37.2 Å². The van der Waals surface area contributed by atoms with Gasteiger partial charge in [-0.15, -0.1) is 0 Å². The van der Waals surface area contributed by atoms with Crippen LogP contribution in [0.4, 0.5) is 0 Å². The fourth-order valence-corrected chi connectivity index (χ4v) is 3.72. The number of carbonyl (C=O) groups is 2. The first-order valence-corrected chi connectivity index (χ1v) is 9.89. The molecule has 1 aliphatic heterocycles. The topological polar surface area (TPSA) is 97.6 Å². The number of aromatic nitrogens is 3. The zero-order valence-electron chi connectivity index (χ0n) is 17.0. The largest absolute Gasteiger partial charge is 0.507 e. The zero-order chi connectivity index (χ0) is 21.8. The Bertz CT molecular complexity index is 1110. The number of methoxy groups -OCH3 is 1. The third-order valence-electron chi connectivity index (χ3n) is 5.23. The molecular weight excluding hydrogens is 396 g/mol. The predicted molar refractivity (Wildman–Crippen MR) is 113 cm³/mol. The highest BCUT2D eigenvalue weighted by Gasteiger charge is 2.46. The highest BCUT2D eigenvalue weighted by molar-refractivity contribution is 6.46. The fourth-order valence-electron chi connectivity index (χ4n) is 3.72. The number of imidazole rings is 1. The van der Waals surface area contributed by atoms with Gasteiger partial charge in [0.05, 0.1) is 24.7 Å². The molecule has 1 aliphatic rings. The summed E-state index contributed by atoms with van der Waals surface area (Å²) in [5.74, 6) is -1.08. The van der Waals surface area contributed by atoms with E-state index < -0.39 is 17.7 Å². The Balaban J connectivity index is 1.72. The van der Waals surface area contributed by atoms with E-state index in [0.29, 0.717) is 36.5 Å². The first kappa shape index (κ1) is 20.3. The first-order valence-electron chi connectivity index (χ1n) is 9.89. The molecule has 31 heavy (non-hydrogen) atoms. The molecule has 0 aliphatic carbocycles. The number of likely N-dealkylation sites (tertiary alicyclic amines) is 1. The van der Waals surface area contributed by atoms with E-state index in [1.807, 2.05) is 10.8 Å². The van der Waals surface area contributed by atoms with Crippen LogP contribution in [0.1, 0.15) is 23.7 Å². The minimum absolute atomic E-state index is 0.0274. The standard InChI is InChI=1S/C23H22N4O4/c1-31-17-7-4-6-16(14-17)21(28)19-20(18-8-2-3-9-25-18)27(23(30)22(19)29)12-5-11-26-13-10-24-15-26/h2-4,6-10,13-15,20,28H,5,11-12H2,1H3. The van der Waals surface area contributed by atoms with Crippen LogP contribution in [0.25, 0.3) is 5.76 Å². The monoisotopic (exact) mass is 418 g/mol. The summed E-state index contributed by atoms with van der Waals surface area (Å²) in [5.41, 5.74) is 0.949. The van der Waals surface area contributed by atoms with E-state index in [-0.39, 0.29) is 11.3 Å². The first-order chi connectivity index (χ1) is 15.1. The highest BCUT2D eigenvalue weighted by atomic mass is 16.5. The maximum absolute atomic E-state index is 13.0. The number of carbonyl (C=O) groups excluding carboxylic acids is 2. The van der Waals surface area contributed by atoms with Crippen LogP contribution in [0.2, 0.25) is 0 Å². The normalized spacial score (nSPS) is 17.8. The SMILES string of the molecule is COc1cccc(C(O)=C2C(=O)C(=O)N(CCCn3ccnc3)C2c2ccccn2)c1. The van der Waals surface area contributed by atoms with Gasteiger partial charge >= 0.3 is 0 Å². The van der Waals surface area contributed by atoms with Crippen molar-refractivity contribution in [1.82, 2.24) is 19.4 Å². The fraction of sp³-hybridized carbons (Fsp3) is 0.217. The molecule has 3 heterocycles. The molecule has 0 bridgehead atoms. The summed E-state index contributed by atoms with van der Waals surface area (Å²) in [6.45, 7) is 0.979. The average Bonchev–Trinajstić information content (AvgIpc) is 3.41. The quantitative estimate of drug-likeness (QED) is 0.360. The Hall–Kier alpha value is -3.94. The molecule has 1 saturated heterocycles. The third kappa shape index (κ3) is 4.05. The molecule has 8 nitrogen and oxygen atoms in total. The van der Waals surface area contributed by atoms with E-state index in [9.17, 15) is 14.7 Å². The van der Waals surface area contributed by atoms with Gasteiger partial charge in [-0.3, -0.25) is 14.6 Å². The van der Waals surface area contributed by atoms with Crippen LogP contribution < -0.4 is 4.74 Å². The number of aliphatic hydroxyl groups is 1. The van der Waals surface area contributed by atoms with Crippen molar-refractivity contribution >= 4 is 17.4 Å². The maximum atomic E-state index is 13.0. The van der Waals surface area contributed by atoms with E-state index in [1.54, 1.807) is 61.2 Å². The second-order valence-electron chi connectivity index (χ2n) is 7.13. The van der Waals surface area contributed by atoms with Crippen LogP contribution in [0, 0.1) is 0 Å². The highest BCUT2D eigenvalue weighted by Crippen LogP contribution is 2.39. The van der Waals surface area contributed by atoms with E-state index in [2.05, 4.69) is 9.97 Å². The molecule has 0 radical (unpaired) electrons. The van der Waals surface area contributed by atoms with E-state index in [1.165, 1.54) is 12.0 Å². The summed E-state index contributed by atoms with van der Waals surface area (Å²) in [7, 11) is 1.52. The Morgan fingerprint density at radius 3 is 2.71 bits per heavy atom. The van der Waals surface area contributed by atoms with Crippen molar-refractivity contribution in [3.05, 3.63) is 84.2 Å². The molecule has 1 fully saturated rings. The summed E-state index contributed by atoms with van der Waals surface area (Å²) in [5, 5.41) is 11.0. The number of pyridine rings is 1. The molecule has 1 amide bonds. The predicted octanol–water partition coefficient (Wildman–Crippen LogP) is 2.80. The van der Waals surface area contributed by atoms with Gasteiger partial charge in [0.1, 0.15) is 17.6 Å². The lowest BCUT2D eigenvalue weighted by Crippen LogP contribution is -2.31. The third-order valence-corrected chi connectivity index (χ3v) is 5.23. The smallest absolute Gasteiger partial charge is 0.295 e. The summed E-state index contributed by atoms with van der Waals surface area (Å²) >= 11 is 0. The molecule has 1 atom stereocenters.